The van der Waals surface area contributed by atoms with E-state index in [0.717, 1.165) is 10.2 Å². The van der Waals surface area contributed by atoms with Crippen molar-refractivity contribution in [1.29, 1.82) is 0 Å². The van der Waals surface area contributed by atoms with Crippen LogP contribution in [0.5, 0.6) is 0 Å². The van der Waals surface area contributed by atoms with Crippen molar-refractivity contribution < 1.29 is 0 Å². The zero-order valence-electron chi connectivity index (χ0n) is 13.4. The molecule has 0 fully saturated rings. The Hall–Kier alpha value is -2.19. The summed E-state index contributed by atoms with van der Waals surface area (Å²) in [4.78, 5) is 26.1. The van der Waals surface area contributed by atoms with E-state index < -0.39 is 0 Å². The number of benzene rings is 1. The van der Waals surface area contributed by atoms with Crippen LogP contribution in [0.2, 0.25) is 0 Å². The molecule has 4 aromatic rings. The topological polar surface area (TPSA) is 65.1 Å². The van der Waals surface area contributed by atoms with E-state index in [4.69, 9.17) is 0 Å². The number of halogens is 1. The third-order valence-electron chi connectivity index (χ3n) is 3.83. The van der Waals surface area contributed by atoms with Crippen LogP contribution < -0.4 is 5.56 Å². The van der Waals surface area contributed by atoms with E-state index in [9.17, 15) is 4.79 Å². The summed E-state index contributed by atoms with van der Waals surface area (Å²) in [6, 6.07) is 7.44. The molecule has 0 spiro atoms. The number of hydrogen-bond acceptors (Lipinski definition) is 5. The molecule has 0 unspecified atom stereocenters. The number of hydrogen-bond donors (Lipinski definition) is 0. The van der Waals surface area contributed by atoms with Gasteiger partial charge in [0.05, 0.1) is 16.6 Å². The first-order valence-electron chi connectivity index (χ1n) is 7.77. The van der Waals surface area contributed by atoms with Gasteiger partial charge in [-0.25, -0.2) is 15.0 Å². The summed E-state index contributed by atoms with van der Waals surface area (Å²) in [5.74, 6) is 1.29. The van der Waals surface area contributed by atoms with E-state index in [-0.39, 0.29) is 5.56 Å². The van der Waals surface area contributed by atoms with E-state index in [2.05, 4.69) is 30.9 Å². The Morgan fingerprint density at radius 2 is 2.16 bits per heavy atom. The standard InChI is InChI=1S/C17H14BrN5OS/c1-2-23-15(24)13-8-11(18)4-5-14(13)21-17(23)25-10-12-9-22-7-3-6-19-16(22)20-12/h3-9H,2,10H2,1H3. The Morgan fingerprint density at radius 1 is 1.28 bits per heavy atom. The van der Waals surface area contributed by atoms with Gasteiger partial charge in [-0.1, -0.05) is 27.7 Å². The van der Waals surface area contributed by atoms with Crippen LogP contribution in [0.25, 0.3) is 16.7 Å². The summed E-state index contributed by atoms with van der Waals surface area (Å²) < 4.78 is 4.46. The molecule has 0 aliphatic carbocycles. The molecule has 3 heterocycles. The van der Waals surface area contributed by atoms with Crippen molar-refractivity contribution >= 4 is 44.4 Å². The van der Waals surface area contributed by atoms with Crippen LogP contribution in [0.1, 0.15) is 12.6 Å². The maximum atomic E-state index is 12.7. The largest absolute Gasteiger partial charge is 0.291 e. The number of thioether (sulfide) groups is 1. The Labute approximate surface area is 156 Å². The zero-order valence-corrected chi connectivity index (χ0v) is 15.8. The summed E-state index contributed by atoms with van der Waals surface area (Å²) in [6.07, 6.45) is 5.58. The SMILES string of the molecule is CCn1c(SCc2cn3cccnc3n2)nc2ccc(Br)cc2c1=O. The fourth-order valence-corrected chi connectivity index (χ4v) is 3.96. The van der Waals surface area contributed by atoms with Gasteiger partial charge in [-0.3, -0.25) is 13.8 Å². The van der Waals surface area contributed by atoms with Crippen LogP contribution in [-0.4, -0.2) is 23.9 Å². The van der Waals surface area contributed by atoms with Crippen LogP contribution in [0.4, 0.5) is 0 Å². The van der Waals surface area contributed by atoms with Gasteiger partial charge in [-0.15, -0.1) is 0 Å². The summed E-state index contributed by atoms with van der Waals surface area (Å²) in [6.45, 7) is 2.52. The monoisotopic (exact) mass is 415 g/mol. The first-order valence-corrected chi connectivity index (χ1v) is 9.55. The molecule has 8 heteroatoms. The van der Waals surface area contributed by atoms with Crippen molar-refractivity contribution in [2.75, 3.05) is 0 Å². The molecule has 3 aromatic heterocycles. The molecule has 0 radical (unpaired) electrons. The number of nitrogens with zero attached hydrogens (tertiary/aromatic N) is 5. The second kappa shape index (κ2) is 6.61. The lowest BCUT2D eigenvalue weighted by atomic mass is 10.2. The number of fused-ring (bicyclic) bond motifs is 2. The molecule has 0 bridgehead atoms. The third-order valence-corrected chi connectivity index (χ3v) is 5.34. The molecule has 25 heavy (non-hydrogen) atoms. The molecule has 0 aliphatic heterocycles. The van der Waals surface area contributed by atoms with Crippen LogP contribution in [0.3, 0.4) is 0 Å². The number of imidazole rings is 1. The molecule has 0 atom stereocenters. The summed E-state index contributed by atoms with van der Waals surface area (Å²) in [5, 5.41) is 1.32. The molecular weight excluding hydrogens is 402 g/mol. The Bertz CT molecular complexity index is 1100. The van der Waals surface area contributed by atoms with Crippen molar-refractivity contribution in [3.63, 3.8) is 0 Å². The molecule has 126 valence electrons. The second-order valence-electron chi connectivity index (χ2n) is 5.45. The van der Waals surface area contributed by atoms with Crippen molar-refractivity contribution in [3.8, 4) is 0 Å². The predicted octanol–water partition coefficient (Wildman–Crippen LogP) is 3.51. The minimum Gasteiger partial charge on any atom is -0.291 e. The lowest BCUT2D eigenvalue weighted by molar-refractivity contribution is 0.634. The molecule has 6 nitrogen and oxygen atoms in total. The minimum absolute atomic E-state index is 0.0204. The second-order valence-corrected chi connectivity index (χ2v) is 7.31. The normalized spacial score (nSPS) is 11.4. The van der Waals surface area contributed by atoms with Gasteiger partial charge in [-0.2, -0.15) is 0 Å². The quantitative estimate of drug-likeness (QED) is 0.376. The van der Waals surface area contributed by atoms with Crippen LogP contribution in [0, 0.1) is 0 Å². The molecule has 0 saturated heterocycles. The maximum Gasteiger partial charge on any atom is 0.262 e. The molecule has 0 aliphatic rings. The highest BCUT2D eigenvalue weighted by atomic mass is 79.9. The van der Waals surface area contributed by atoms with Crippen molar-refractivity contribution in [3.05, 3.63) is 63.4 Å². The van der Waals surface area contributed by atoms with Crippen molar-refractivity contribution in [1.82, 2.24) is 23.9 Å². The Morgan fingerprint density at radius 3 is 2.96 bits per heavy atom. The molecule has 0 amide bonds. The Kier molecular flexibility index (Phi) is 4.30. The summed E-state index contributed by atoms with van der Waals surface area (Å²) >= 11 is 4.92. The van der Waals surface area contributed by atoms with Gasteiger partial charge < -0.3 is 0 Å². The van der Waals surface area contributed by atoms with Crippen molar-refractivity contribution in [2.45, 2.75) is 24.4 Å². The summed E-state index contributed by atoms with van der Waals surface area (Å²) in [7, 11) is 0. The minimum atomic E-state index is -0.0204. The average Bonchev–Trinajstić information content (AvgIpc) is 3.03. The molecule has 4 rings (SSSR count). The van der Waals surface area contributed by atoms with Crippen molar-refractivity contribution in [2.24, 2.45) is 0 Å². The smallest absolute Gasteiger partial charge is 0.262 e. The zero-order chi connectivity index (χ0) is 17.4. The van der Waals surface area contributed by atoms with Gasteiger partial charge in [0.2, 0.25) is 5.78 Å². The van der Waals surface area contributed by atoms with E-state index in [1.807, 2.05) is 48.0 Å². The third kappa shape index (κ3) is 3.07. The van der Waals surface area contributed by atoms with Gasteiger partial charge in [0, 0.05) is 35.4 Å². The highest BCUT2D eigenvalue weighted by molar-refractivity contribution is 9.10. The number of aromatic nitrogens is 5. The van der Waals surface area contributed by atoms with E-state index in [0.29, 0.717) is 34.1 Å². The van der Waals surface area contributed by atoms with Crippen LogP contribution in [-0.2, 0) is 12.3 Å². The first kappa shape index (κ1) is 16.3. The Balaban J connectivity index is 1.70. The predicted molar refractivity (Wildman–Crippen MR) is 102 cm³/mol. The molecular formula is C17H14BrN5OS. The van der Waals surface area contributed by atoms with E-state index >= 15 is 0 Å². The first-order chi connectivity index (χ1) is 12.2. The van der Waals surface area contributed by atoms with E-state index in [1.54, 1.807) is 10.8 Å². The van der Waals surface area contributed by atoms with Gasteiger partial charge in [0.1, 0.15) is 0 Å². The molecule has 0 saturated carbocycles. The van der Waals surface area contributed by atoms with Gasteiger partial charge >= 0.3 is 0 Å². The van der Waals surface area contributed by atoms with Gasteiger partial charge in [0.15, 0.2) is 5.16 Å². The van der Waals surface area contributed by atoms with Crippen LogP contribution >= 0.6 is 27.7 Å². The molecule has 0 N–H and O–H groups in total. The summed E-state index contributed by atoms with van der Waals surface area (Å²) in [5.41, 5.74) is 1.58. The van der Waals surface area contributed by atoms with Gasteiger partial charge in [0.25, 0.3) is 5.56 Å². The maximum absolute atomic E-state index is 12.7. The lowest BCUT2D eigenvalue weighted by Gasteiger charge is -2.10. The highest BCUT2D eigenvalue weighted by Gasteiger charge is 2.12. The average molecular weight is 416 g/mol. The molecule has 1 aromatic carbocycles. The van der Waals surface area contributed by atoms with E-state index in [1.165, 1.54) is 11.8 Å². The fraction of sp³-hybridized carbons (Fsp3) is 0.176. The van der Waals surface area contributed by atoms with Crippen LogP contribution in [0.15, 0.2) is 57.3 Å². The lowest BCUT2D eigenvalue weighted by Crippen LogP contribution is -2.22. The van der Waals surface area contributed by atoms with Gasteiger partial charge in [-0.05, 0) is 31.2 Å². The highest BCUT2D eigenvalue weighted by Crippen LogP contribution is 2.23. The number of rotatable bonds is 4. The fourth-order valence-electron chi connectivity index (χ4n) is 2.65.